The SMILES string of the molecule is Cc1cc(-c2ccccn2)nc2cc(C3=NC(C4CC(O)C4)=C4C=NC=C[N+]34N)c(F)cc12. The summed E-state index contributed by atoms with van der Waals surface area (Å²) >= 11 is 0. The highest BCUT2D eigenvalue weighted by Crippen LogP contribution is 2.42. The maximum Gasteiger partial charge on any atom is 0.267 e. The number of aryl methyl sites for hydroxylation is 1. The molecule has 0 amide bonds. The Labute approximate surface area is 189 Å². The van der Waals surface area contributed by atoms with Gasteiger partial charge >= 0.3 is 0 Å². The third kappa shape index (κ3) is 3.06. The molecule has 6 rings (SSSR count). The van der Waals surface area contributed by atoms with E-state index in [-0.39, 0.29) is 16.6 Å². The summed E-state index contributed by atoms with van der Waals surface area (Å²) in [6.07, 6.45) is 7.58. The molecule has 4 heterocycles. The number of rotatable bonds is 3. The van der Waals surface area contributed by atoms with Gasteiger partial charge in [-0.15, -0.1) is 4.59 Å². The Hall–Kier alpha value is -3.59. The number of benzene rings is 1. The molecule has 1 atom stereocenters. The average molecular weight is 441 g/mol. The van der Waals surface area contributed by atoms with E-state index in [9.17, 15) is 5.11 Å². The first-order valence-electron chi connectivity index (χ1n) is 10.9. The summed E-state index contributed by atoms with van der Waals surface area (Å²) in [4.78, 5) is 18.2. The number of aliphatic hydroxyl groups excluding tert-OH is 1. The van der Waals surface area contributed by atoms with Gasteiger partial charge in [0.05, 0.1) is 41.0 Å². The van der Waals surface area contributed by atoms with Crippen LogP contribution in [0.4, 0.5) is 4.39 Å². The number of aliphatic imine (C=N–C) groups is 2. The van der Waals surface area contributed by atoms with Gasteiger partial charge in [0.15, 0.2) is 0 Å². The Morgan fingerprint density at radius 3 is 2.76 bits per heavy atom. The lowest BCUT2D eigenvalue weighted by Crippen LogP contribution is -2.53. The normalized spacial score (nSPS) is 25.9. The first-order chi connectivity index (χ1) is 15.9. The number of hydrogen-bond donors (Lipinski definition) is 2. The first-order valence-corrected chi connectivity index (χ1v) is 10.9. The van der Waals surface area contributed by atoms with Gasteiger partial charge in [0, 0.05) is 17.5 Å². The molecule has 0 spiro atoms. The number of pyridine rings is 2. The molecule has 3 aromatic rings. The Morgan fingerprint density at radius 2 is 2.00 bits per heavy atom. The zero-order chi connectivity index (χ0) is 22.7. The van der Waals surface area contributed by atoms with E-state index in [1.54, 1.807) is 30.9 Å². The van der Waals surface area contributed by atoms with Crippen LogP contribution < -0.4 is 5.84 Å². The topological polar surface area (TPSA) is 96.8 Å². The van der Waals surface area contributed by atoms with Crippen LogP contribution in [-0.2, 0) is 0 Å². The predicted octanol–water partition coefficient (Wildman–Crippen LogP) is 3.73. The number of quaternary nitrogens is 1. The highest BCUT2D eigenvalue weighted by Gasteiger charge is 2.48. The van der Waals surface area contributed by atoms with Crippen LogP contribution in [0, 0.1) is 18.7 Å². The van der Waals surface area contributed by atoms with Crippen molar-refractivity contribution in [2.45, 2.75) is 25.9 Å². The summed E-state index contributed by atoms with van der Waals surface area (Å²) in [7, 11) is 0. The van der Waals surface area contributed by atoms with Crippen molar-refractivity contribution >= 4 is 23.0 Å². The summed E-state index contributed by atoms with van der Waals surface area (Å²) < 4.78 is 15.2. The van der Waals surface area contributed by atoms with Crippen molar-refractivity contribution in [3.8, 4) is 11.4 Å². The minimum Gasteiger partial charge on any atom is -0.393 e. The van der Waals surface area contributed by atoms with Crippen molar-refractivity contribution in [1.82, 2.24) is 9.97 Å². The van der Waals surface area contributed by atoms with Crippen molar-refractivity contribution in [3.05, 3.63) is 83.3 Å². The Bertz CT molecular complexity index is 1420. The Morgan fingerprint density at radius 1 is 1.15 bits per heavy atom. The van der Waals surface area contributed by atoms with Crippen LogP contribution in [0.3, 0.4) is 0 Å². The number of amidine groups is 1. The van der Waals surface area contributed by atoms with Gasteiger partial charge < -0.3 is 5.11 Å². The molecule has 1 unspecified atom stereocenters. The molecule has 1 aliphatic carbocycles. The van der Waals surface area contributed by atoms with E-state index in [2.05, 4.69) is 9.98 Å². The average Bonchev–Trinajstić information content (AvgIpc) is 3.10. The molecule has 7 nitrogen and oxygen atoms in total. The summed E-state index contributed by atoms with van der Waals surface area (Å²) in [5, 5.41) is 10.5. The fraction of sp³-hybridized carbons (Fsp3) is 0.200. The van der Waals surface area contributed by atoms with Gasteiger partial charge in [0.2, 0.25) is 5.70 Å². The molecule has 164 valence electrons. The third-order valence-corrected chi connectivity index (χ3v) is 6.60. The van der Waals surface area contributed by atoms with Crippen molar-refractivity contribution < 1.29 is 14.1 Å². The van der Waals surface area contributed by atoms with Crippen LogP contribution in [-0.4, -0.2) is 37.8 Å². The van der Waals surface area contributed by atoms with Gasteiger partial charge in [-0.05, 0) is 55.7 Å². The quantitative estimate of drug-likeness (QED) is 0.478. The minimum atomic E-state index is -0.412. The number of aromatic nitrogens is 2. The van der Waals surface area contributed by atoms with Gasteiger partial charge in [-0.3, -0.25) is 9.98 Å². The van der Waals surface area contributed by atoms with E-state index >= 15 is 4.39 Å². The highest BCUT2D eigenvalue weighted by molar-refractivity contribution is 6.03. The maximum absolute atomic E-state index is 15.5. The molecule has 3 aliphatic rings. The molecule has 2 aromatic heterocycles. The number of hydrogen-bond acceptors (Lipinski definition) is 6. The number of fused-ring (bicyclic) bond motifs is 2. The van der Waals surface area contributed by atoms with Crippen molar-refractivity contribution in [2.24, 2.45) is 21.7 Å². The fourth-order valence-corrected chi connectivity index (χ4v) is 4.73. The summed E-state index contributed by atoms with van der Waals surface area (Å²) in [6, 6.07) is 10.8. The van der Waals surface area contributed by atoms with Gasteiger partial charge in [0.25, 0.3) is 5.84 Å². The molecule has 2 aliphatic heterocycles. The van der Waals surface area contributed by atoms with Crippen LogP contribution in [0.25, 0.3) is 22.3 Å². The summed E-state index contributed by atoms with van der Waals surface area (Å²) in [5.41, 5.74) is 4.78. The molecule has 33 heavy (non-hydrogen) atoms. The molecule has 3 N–H and O–H groups in total. The van der Waals surface area contributed by atoms with Crippen molar-refractivity contribution in [3.63, 3.8) is 0 Å². The van der Waals surface area contributed by atoms with Crippen LogP contribution in [0.5, 0.6) is 0 Å². The lowest BCUT2D eigenvalue weighted by atomic mass is 9.79. The first kappa shape index (κ1) is 20.0. The lowest BCUT2D eigenvalue weighted by molar-refractivity contribution is -0.750. The van der Waals surface area contributed by atoms with E-state index in [1.165, 1.54) is 6.07 Å². The molecule has 0 bridgehead atoms. The number of aliphatic hydroxyl groups is 1. The predicted molar refractivity (Wildman–Crippen MR) is 124 cm³/mol. The van der Waals surface area contributed by atoms with Crippen LogP contribution >= 0.6 is 0 Å². The summed E-state index contributed by atoms with van der Waals surface area (Å²) in [5.74, 6) is 6.80. The number of nitrogens with two attached hydrogens (primary N) is 1. The van der Waals surface area contributed by atoms with E-state index in [0.717, 1.165) is 28.0 Å². The van der Waals surface area contributed by atoms with Gasteiger partial charge in [-0.1, -0.05) is 6.07 Å². The fourth-order valence-electron chi connectivity index (χ4n) is 4.73. The second-order valence-corrected chi connectivity index (χ2v) is 8.77. The van der Waals surface area contributed by atoms with Gasteiger partial charge in [-0.25, -0.2) is 9.37 Å². The van der Waals surface area contributed by atoms with Crippen LogP contribution in [0.2, 0.25) is 0 Å². The zero-order valence-electron chi connectivity index (χ0n) is 18.0. The third-order valence-electron chi connectivity index (χ3n) is 6.60. The molecule has 8 heteroatoms. The maximum atomic E-state index is 15.5. The molecule has 1 saturated carbocycles. The largest absolute Gasteiger partial charge is 0.393 e. The molecule has 1 fully saturated rings. The van der Waals surface area contributed by atoms with E-state index in [0.29, 0.717) is 35.5 Å². The monoisotopic (exact) mass is 441 g/mol. The Balaban J connectivity index is 1.51. The van der Waals surface area contributed by atoms with Crippen molar-refractivity contribution in [2.75, 3.05) is 0 Å². The van der Waals surface area contributed by atoms with Gasteiger partial charge in [-0.2, -0.15) is 10.8 Å². The zero-order valence-corrected chi connectivity index (χ0v) is 18.0. The molecular weight excluding hydrogens is 419 g/mol. The molecule has 0 saturated heterocycles. The standard InChI is InChI=1S/C25H22FN6O/c1-14-8-22(20-4-2-3-5-29-20)30-21-12-18(19(26)11-17(14)21)25-31-24(15-9-16(33)10-15)23-13-28-6-7-32(23,25)27/h2-8,11-13,15-16,33H,9-10,27H2,1H3/q+1. The second-order valence-electron chi connectivity index (χ2n) is 8.77. The molecule has 0 radical (unpaired) electrons. The molecular formula is C25H22FN6O+. The van der Waals surface area contributed by atoms with E-state index in [1.807, 2.05) is 31.2 Å². The minimum absolute atomic E-state index is 0.0751. The van der Waals surface area contributed by atoms with E-state index in [4.69, 9.17) is 15.8 Å². The van der Waals surface area contributed by atoms with Crippen molar-refractivity contribution in [1.29, 1.82) is 0 Å². The number of allylic oxidation sites excluding steroid dienone is 2. The van der Waals surface area contributed by atoms with Gasteiger partial charge in [0.1, 0.15) is 17.7 Å². The second kappa shape index (κ2) is 7.21. The van der Waals surface area contributed by atoms with Crippen LogP contribution in [0.1, 0.15) is 24.0 Å². The summed E-state index contributed by atoms with van der Waals surface area (Å²) in [6.45, 7) is 1.93. The lowest BCUT2D eigenvalue weighted by Gasteiger charge is -2.31. The number of halogens is 1. The Kier molecular flexibility index (Phi) is 4.38. The smallest absolute Gasteiger partial charge is 0.267 e. The van der Waals surface area contributed by atoms with Crippen LogP contribution in [0.15, 0.2) is 76.4 Å². The highest BCUT2D eigenvalue weighted by atomic mass is 19.1. The van der Waals surface area contributed by atoms with E-state index < -0.39 is 5.82 Å². The molecule has 1 aromatic carbocycles. The number of nitrogens with zero attached hydrogens (tertiary/aromatic N) is 5.